The summed E-state index contributed by atoms with van der Waals surface area (Å²) < 4.78 is 0. The molecular formula is C13H24Cl2N4O. The number of carbonyl (C=O) groups is 1. The molecule has 1 rings (SSSR count). The summed E-state index contributed by atoms with van der Waals surface area (Å²) in [5, 5.41) is 6.03. The van der Waals surface area contributed by atoms with Gasteiger partial charge in [0.1, 0.15) is 5.82 Å². The van der Waals surface area contributed by atoms with E-state index in [4.69, 9.17) is 5.73 Å². The molecule has 116 valence electrons. The lowest BCUT2D eigenvalue weighted by Crippen LogP contribution is -2.49. The first-order valence-electron chi connectivity index (χ1n) is 6.22. The van der Waals surface area contributed by atoms with Crippen molar-refractivity contribution in [1.82, 2.24) is 10.3 Å². The maximum atomic E-state index is 11.5. The first-order chi connectivity index (χ1) is 8.50. The number of halogens is 2. The van der Waals surface area contributed by atoms with Crippen LogP contribution >= 0.6 is 24.8 Å². The Labute approximate surface area is 132 Å². The highest BCUT2D eigenvalue weighted by Crippen LogP contribution is 2.00. The summed E-state index contributed by atoms with van der Waals surface area (Å²) in [5.41, 5.74) is 4.86. The van der Waals surface area contributed by atoms with Crippen molar-refractivity contribution in [2.45, 2.75) is 32.2 Å². The van der Waals surface area contributed by atoms with Crippen LogP contribution in [0.3, 0.4) is 0 Å². The van der Waals surface area contributed by atoms with Gasteiger partial charge < -0.3 is 16.4 Å². The van der Waals surface area contributed by atoms with Gasteiger partial charge in [-0.15, -0.1) is 24.8 Å². The number of hydrogen-bond acceptors (Lipinski definition) is 4. The Morgan fingerprint density at radius 3 is 2.45 bits per heavy atom. The van der Waals surface area contributed by atoms with Gasteiger partial charge in [-0.05, 0) is 38.8 Å². The molecule has 20 heavy (non-hydrogen) atoms. The number of amides is 1. The molecule has 0 unspecified atom stereocenters. The van der Waals surface area contributed by atoms with Crippen LogP contribution < -0.4 is 16.4 Å². The number of aromatic nitrogens is 1. The Morgan fingerprint density at radius 2 is 1.90 bits per heavy atom. The zero-order valence-electron chi connectivity index (χ0n) is 11.9. The highest BCUT2D eigenvalue weighted by atomic mass is 35.5. The highest BCUT2D eigenvalue weighted by molar-refractivity contribution is 5.85. The van der Waals surface area contributed by atoms with Gasteiger partial charge in [0.05, 0.1) is 5.54 Å². The average molecular weight is 323 g/mol. The molecule has 0 saturated carbocycles. The van der Waals surface area contributed by atoms with E-state index in [1.54, 1.807) is 20.0 Å². The first-order valence-corrected chi connectivity index (χ1v) is 6.22. The van der Waals surface area contributed by atoms with E-state index in [0.29, 0.717) is 6.54 Å². The number of unbranched alkanes of at least 4 members (excludes halogenated alkanes) is 1. The van der Waals surface area contributed by atoms with E-state index in [1.807, 2.05) is 18.2 Å². The van der Waals surface area contributed by atoms with Crippen molar-refractivity contribution in [3.63, 3.8) is 0 Å². The van der Waals surface area contributed by atoms with Crippen LogP contribution in [0.2, 0.25) is 0 Å². The van der Waals surface area contributed by atoms with E-state index in [9.17, 15) is 4.79 Å². The fourth-order valence-electron chi connectivity index (χ4n) is 1.36. The van der Waals surface area contributed by atoms with E-state index in [2.05, 4.69) is 15.6 Å². The van der Waals surface area contributed by atoms with Crippen LogP contribution in [0.25, 0.3) is 0 Å². The minimum Gasteiger partial charge on any atom is -0.370 e. The third-order valence-corrected chi connectivity index (χ3v) is 2.45. The molecule has 1 aromatic rings. The summed E-state index contributed by atoms with van der Waals surface area (Å²) in [5.74, 6) is 0.768. The molecule has 0 atom stereocenters. The molecule has 1 heterocycles. The van der Waals surface area contributed by atoms with Gasteiger partial charge in [0, 0.05) is 19.3 Å². The van der Waals surface area contributed by atoms with Crippen LogP contribution in [-0.4, -0.2) is 29.5 Å². The molecule has 4 N–H and O–H groups in total. The molecule has 1 aromatic heterocycles. The molecule has 0 aromatic carbocycles. The second-order valence-electron chi connectivity index (χ2n) is 4.83. The number of pyridine rings is 1. The Kier molecular flexibility index (Phi) is 11.4. The fourth-order valence-corrected chi connectivity index (χ4v) is 1.36. The lowest BCUT2D eigenvalue weighted by atomic mass is 10.1. The minimum atomic E-state index is -0.799. The standard InChI is InChI=1S/C13H22N4O.2ClH/c1-13(2,14)12(18)17-10-6-5-9-16-11-7-3-4-8-15-11;;/h3-4,7-8H,5-6,9-10,14H2,1-2H3,(H,15,16)(H,17,18);2*1H. The molecule has 1 amide bonds. The predicted octanol–water partition coefficient (Wildman–Crippen LogP) is 1.97. The number of rotatable bonds is 7. The fraction of sp³-hybridized carbons (Fsp3) is 0.538. The van der Waals surface area contributed by atoms with E-state index in [0.717, 1.165) is 25.2 Å². The molecule has 7 heteroatoms. The number of nitrogens with one attached hydrogen (secondary N) is 2. The van der Waals surface area contributed by atoms with Crippen molar-refractivity contribution in [3.05, 3.63) is 24.4 Å². The summed E-state index contributed by atoms with van der Waals surface area (Å²) in [4.78, 5) is 15.6. The quantitative estimate of drug-likeness (QED) is 0.670. The smallest absolute Gasteiger partial charge is 0.239 e. The van der Waals surface area contributed by atoms with Crippen molar-refractivity contribution in [2.24, 2.45) is 5.73 Å². The van der Waals surface area contributed by atoms with Gasteiger partial charge in [-0.3, -0.25) is 4.79 Å². The normalized spacial score (nSPS) is 9.95. The lowest BCUT2D eigenvalue weighted by molar-refractivity contribution is -0.125. The topological polar surface area (TPSA) is 80.0 Å². The second kappa shape index (κ2) is 10.7. The number of anilines is 1. The van der Waals surface area contributed by atoms with E-state index < -0.39 is 5.54 Å². The van der Waals surface area contributed by atoms with E-state index >= 15 is 0 Å². The number of hydrogen-bond donors (Lipinski definition) is 3. The maximum absolute atomic E-state index is 11.5. The van der Waals surface area contributed by atoms with Crippen molar-refractivity contribution in [1.29, 1.82) is 0 Å². The molecule has 0 spiro atoms. The lowest BCUT2D eigenvalue weighted by Gasteiger charge is -2.17. The summed E-state index contributed by atoms with van der Waals surface area (Å²) in [6, 6.07) is 5.76. The van der Waals surface area contributed by atoms with Gasteiger partial charge in [0.15, 0.2) is 0 Å². The third-order valence-electron chi connectivity index (χ3n) is 2.45. The third kappa shape index (κ3) is 8.96. The molecule has 0 aliphatic heterocycles. The summed E-state index contributed by atoms with van der Waals surface area (Å²) >= 11 is 0. The summed E-state index contributed by atoms with van der Waals surface area (Å²) in [7, 11) is 0. The molecule has 0 fully saturated rings. The molecule has 0 aliphatic rings. The van der Waals surface area contributed by atoms with Crippen molar-refractivity contribution in [2.75, 3.05) is 18.4 Å². The SMILES string of the molecule is CC(C)(N)C(=O)NCCCCNc1ccccn1.Cl.Cl. The number of nitrogens with two attached hydrogens (primary N) is 1. The Balaban J connectivity index is 0. The van der Waals surface area contributed by atoms with Crippen molar-refractivity contribution < 1.29 is 4.79 Å². The summed E-state index contributed by atoms with van der Waals surface area (Å²) in [6.45, 7) is 4.90. The van der Waals surface area contributed by atoms with Gasteiger partial charge in [-0.2, -0.15) is 0 Å². The van der Waals surface area contributed by atoms with E-state index in [-0.39, 0.29) is 30.7 Å². The van der Waals surface area contributed by atoms with Crippen LogP contribution in [-0.2, 0) is 4.79 Å². The molecular weight excluding hydrogens is 299 g/mol. The Bertz CT molecular complexity index is 368. The zero-order valence-corrected chi connectivity index (χ0v) is 13.5. The molecule has 5 nitrogen and oxygen atoms in total. The molecule has 0 radical (unpaired) electrons. The van der Waals surface area contributed by atoms with Gasteiger partial charge in [0.25, 0.3) is 0 Å². The monoisotopic (exact) mass is 322 g/mol. The first kappa shape index (κ1) is 21.3. The van der Waals surface area contributed by atoms with Gasteiger partial charge in [-0.1, -0.05) is 6.07 Å². The largest absolute Gasteiger partial charge is 0.370 e. The zero-order chi connectivity index (χ0) is 13.4. The minimum absolute atomic E-state index is 0. The van der Waals surface area contributed by atoms with Crippen LogP contribution in [0.5, 0.6) is 0 Å². The molecule has 0 bridgehead atoms. The molecule has 0 aliphatic carbocycles. The van der Waals surface area contributed by atoms with Crippen molar-refractivity contribution in [3.8, 4) is 0 Å². The second-order valence-corrected chi connectivity index (χ2v) is 4.83. The van der Waals surface area contributed by atoms with Crippen LogP contribution in [0.15, 0.2) is 24.4 Å². The van der Waals surface area contributed by atoms with Crippen molar-refractivity contribution >= 4 is 36.5 Å². The van der Waals surface area contributed by atoms with Crippen LogP contribution in [0.1, 0.15) is 26.7 Å². The Morgan fingerprint density at radius 1 is 1.25 bits per heavy atom. The predicted molar refractivity (Wildman–Crippen MR) is 87.7 cm³/mol. The maximum Gasteiger partial charge on any atom is 0.239 e. The number of carbonyl (C=O) groups excluding carboxylic acids is 1. The summed E-state index contributed by atoms with van der Waals surface area (Å²) in [6.07, 6.45) is 3.65. The van der Waals surface area contributed by atoms with Gasteiger partial charge in [-0.25, -0.2) is 4.98 Å². The Hall–Kier alpha value is -1.04. The average Bonchev–Trinajstić information content (AvgIpc) is 2.33. The van der Waals surface area contributed by atoms with Crippen LogP contribution in [0, 0.1) is 0 Å². The highest BCUT2D eigenvalue weighted by Gasteiger charge is 2.20. The van der Waals surface area contributed by atoms with E-state index in [1.165, 1.54) is 0 Å². The van der Waals surface area contributed by atoms with Gasteiger partial charge in [0.2, 0.25) is 5.91 Å². The molecule has 0 saturated heterocycles. The number of nitrogens with zero attached hydrogens (tertiary/aromatic N) is 1. The van der Waals surface area contributed by atoms with Crippen LogP contribution in [0.4, 0.5) is 5.82 Å². The van der Waals surface area contributed by atoms with Gasteiger partial charge >= 0.3 is 0 Å².